The standard InChI is InChI=1S/C17H23N3OS/c1-12(13-5-4-8-18-10-13)9-16(21)19-11-17-20-14-6-2-3-7-15(14)22-17/h2-3,6-7,12-13,18H,4-5,8-11H2,1H3,(H,19,21). The molecule has 1 aliphatic heterocycles. The van der Waals surface area contributed by atoms with E-state index in [0.29, 0.717) is 24.8 Å². The van der Waals surface area contributed by atoms with Crippen LogP contribution in [0.25, 0.3) is 10.2 Å². The Kier molecular flexibility index (Phi) is 5.05. The Bertz CT molecular complexity index is 601. The second-order valence-corrected chi connectivity index (χ2v) is 7.26. The van der Waals surface area contributed by atoms with Gasteiger partial charge < -0.3 is 10.6 Å². The van der Waals surface area contributed by atoms with Crippen molar-refractivity contribution in [2.75, 3.05) is 13.1 Å². The molecule has 3 rings (SSSR count). The summed E-state index contributed by atoms with van der Waals surface area (Å²) in [5.74, 6) is 1.20. The summed E-state index contributed by atoms with van der Waals surface area (Å²) in [5.41, 5.74) is 1.01. The fourth-order valence-electron chi connectivity index (χ4n) is 3.07. The Morgan fingerprint density at radius 3 is 3.14 bits per heavy atom. The Morgan fingerprint density at radius 1 is 1.50 bits per heavy atom. The zero-order valence-corrected chi connectivity index (χ0v) is 13.8. The van der Waals surface area contributed by atoms with E-state index in [1.807, 2.05) is 18.2 Å². The fraction of sp³-hybridized carbons (Fsp3) is 0.529. The third kappa shape index (κ3) is 3.84. The molecule has 5 heteroatoms. The second-order valence-electron chi connectivity index (χ2n) is 6.14. The number of fused-ring (bicyclic) bond motifs is 1. The predicted molar refractivity (Wildman–Crippen MR) is 90.8 cm³/mol. The highest BCUT2D eigenvalue weighted by molar-refractivity contribution is 7.18. The van der Waals surface area contributed by atoms with E-state index in [9.17, 15) is 4.79 Å². The fourth-order valence-corrected chi connectivity index (χ4v) is 3.97. The van der Waals surface area contributed by atoms with Crippen LogP contribution in [0.5, 0.6) is 0 Å². The highest BCUT2D eigenvalue weighted by atomic mass is 32.1. The molecule has 118 valence electrons. The number of carbonyl (C=O) groups is 1. The third-order valence-electron chi connectivity index (χ3n) is 4.42. The first-order valence-electron chi connectivity index (χ1n) is 8.04. The molecule has 0 spiro atoms. The smallest absolute Gasteiger partial charge is 0.220 e. The number of hydrogen-bond acceptors (Lipinski definition) is 4. The zero-order valence-electron chi connectivity index (χ0n) is 13.0. The number of amides is 1. The molecule has 0 aliphatic carbocycles. The van der Waals surface area contributed by atoms with Crippen LogP contribution in [-0.2, 0) is 11.3 Å². The van der Waals surface area contributed by atoms with Crippen molar-refractivity contribution in [3.8, 4) is 0 Å². The van der Waals surface area contributed by atoms with Gasteiger partial charge in [-0.15, -0.1) is 11.3 Å². The quantitative estimate of drug-likeness (QED) is 0.891. The van der Waals surface area contributed by atoms with Crippen LogP contribution in [0.3, 0.4) is 0 Å². The van der Waals surface area contributed by atoms with Gasteiger partial charge >= 0.3 is 0 Å². The summed E-state index contributed by atoms with van der Waals surface area (Å²) in [6, 6.07) is 8.08. The van der Waals surface area contributed by atoms with E-state index >= 15 is 0 Å². The molecule has 2 atom stereocenters. The van der Waals surface area contributed by atoms with E-state index in [4.69, 9.17) is 0 Å². The number of nitrogens with zero attached hydrogens (tertiary/aromatic N) is 1. The summed E-state index contributed by atoms with van der Waals surface area (Å²) in [6.45, 7) is 4.89. The van der Waals surface area contributed by atoms with Crippen LogP contribution in [0, 0.1) is 11.8 Å². The molecular formula is C17H23N3OS. The molecular weight excluding hydrogens is 294 g/mol. The Labute approximate surface area is 135 Å². The van der Waals surface area contributed by atoms with Crippen LogP contribution in [-0.4, -0.2) is 24.0 Å². The van der Waals surface area contributed by atoms with E-state index < -0.39 is 0 Å². The van der Waals surface area contributed by atoms with Gasteiger partial charge in [0.25, 0.3) is 0 Å². The van der Waals surface area contributed by atoms with Crippen LogP contribution in [0.1, 0.15) is 31.2 Å². The number of hydrogen-bond donors (Lipinski definition) is 2. The molecule has 2 unspecified atom stereocenters. The normalized spacial score (nSPS) is 20.0. The summed E-state index contributed by atoms with van der Waals surface area (Å²) in [5, 5.41) is 7.41. The van der Waals surface area contributed by atoms with Gasteiger partial charge in [0.05, 0.1) is 16.8 Å². The lowest BCUT2D eigenvalue weighted by atomic mass is 9.85. The summed E-state index contributed by atoms with van der Waals surface area (Å²) in [7, 11) is 0. The maximum atomic E-state index is 12.1. The van der Waals surface area contributed by atoms with Crippen molar-refractivity contribution in [1.29, 1.82) is 0 Å². The summed E-state index contributed by atoms with van der Waals surface area (Å²) in [4.78, 5) is 16.7. The van der Waals surface area contributed by atoms with E-state index in [0.717, 1.165) is 23.6 Å². The first kappa shape index (κ1) is 15.4. The number of carbonyl (C=O) groups excluding carboxylic acids is 1. The number of para-hydroxylation sites is 1. The number of aromatic nitrogens is 1. The molecule has 1 saturated heterocycles. The van der Waals surface area contributed by atoms with Crippen molar-refractivity contribution in [3.05, 3.63) is 29.3 Å². The third-order valence-corrected chi connectivity index (χ3v) is 5.46. The van der Waals surface area contributed by atoms with Gasteiger partial charge in [-0.1, -0.05) is 19.1 Å². The molecule has 2 aromatic rings. The van der Waals surface area contributed by atoms with E-state index in [2.05, 4.69) is 28.6 Å². The van der Waals surface area contributed by atoms with Crippen LogP contribution in [0.15, 0.2) is 24.3 Å². The molecule has 1 aromatic heterocycles. The summed E-state index contributed by atoms with van der Waals surface area (Å²) < 4.78 is 1.17. The van der Waals surface area contributed by atoms with Crippen molar-refractivity contribution >= 4 is 27.5 Å². The Balaban J connectivity index is 1.49. The van der Waals surface area contributed by atoms with Crippen molar-refractivity contribution in [2.45, 2.75) is 32.7 Å². The topological polar surface area (TPSA) is 54.0 Å². The minimum atomic E-state index is 0.136. The molecule has 2 heterocycles. The SMILES string of the molecule is CC(CC(=O)NCc1nc2ccccc2s1)C1CCCNC1. The maximum absolute atomic E-state index is 12.1. The summed E-state index contributed by atoms with van der Waals surface area (Å²) in [6.07, 6.45) is 3.07. The lowest BCUT2D eigenvalue weighted by Crippen LogP contribution is -2.35. The number of rotatable bonds is 5. The van der Waals surface area contributed by atoms with Gasteiger partial charge in [-0.3, -0.25) is 4.79 Å². The van der Waals surface area contributed by atoms with Gasteiger partial charge in [-0.25, -0.2) is 4.98 Å². The van der Waals surface area contributed by atoms with Crippen LogP contribution in [0.2, 0.25) is 0 Å². The van der Waals surface area contributed by atoms with Crippen molar-refractivity contribution < 1.29 is 4.79 Å². The van der Waals surface area contributed by atoms with Gasteiger partial charge in [0, 0.05) is 6.42 Å². The van der Waals surface area contributed by atoms with E-state index in [1.165, 1.54) is 17.5 Å². The van der Waals surface area contributed by atoms with Gasteiger partial charge in [-0.2, -0.15) is 0 Å². The number of thiazole rings is 1. The van der Waals surface area contributed by atoms with Gasteiger partial charge in [0.2, 0.25) is 5.91 Å². The molecule has 0 bridgehead atoms. The molecule has 1 fully saturated rings. The molecule has 1 amide bonds. The first-order valence-corrected chi connectivity index (χ1v) is 8.86. The largest absolute Gasteiger partial charge is 0.350 e. The number of piperidine rings is 1. The molecule has 1 aliphatic rings. The lowest BCUT2D eigenvalue weighted by molar-refractivity contribution is -0.122. The highest BCUT2D eigenvalue weighted by Crippen LogP contribution is 2.23. The Morgan fingerprint density at radius 2 is 2.36 bits per heavy atom. The molecule has 1 aromatic carbocycles. The minimum absolute atomic E-state index is 0.136. The molecule has 22 heavy (non-hydrogen) atoms. The van der Waals surface area contributed by atoms with E-state index in [-0.39, 0.29) is 5.91 Å². The van der Waals surface area contributed by atoms with Crippen LogP contribution >= 0.6 is 11.3 Å². The Hall–Kier alpha value is -1.46. The van der Waals surface area contributed by atoms with Gasteiger partial charge in [-0.05, 0) is 49.9 Å². The molecule has 2 N–H and O–H groups in total. The summed E-state index contributed by atoms with van der Waals surface area (Å²) >= 11 is 1.65. The minimum Gasteiger partial charge on any atom is -0.350 e. The lowest BCUT2D eigenvalue weighted by Gasteiger charge is -2.27. The van der Waals surface area contributed by atoms with Crippen LogP contribution < -0.4 is 10.6 Å². The highest BCUT2D eigenvalue weighted by Gasteiger charge is 2.21. The number of benzene rings is 1. The molecule has 0 radical (unpaired) electrons. The monoisotopic (exact) mass is 317 g/mol. The second kappa shape index (κ2) is 7.20. The molecule has 0 saturated carbocycles. The average molecular weight is 317 g/mol. The zero-order chi connectivity index (χ0) is 15.4. The van der Waals surface area contributed by atoms with Crippen molar-refractivity contribution in [3.63, 3.8) is 0 Å². The maximum Gasteiger partial charge on any atom is 0.220 e. The predicted octanol–water partition coefficient (Wildman–Crippen LogP) is 2.94. The van der Waals surface area contributed by atoms with E-state index in [1.54, 1.807) is 11.3 Å². The average Bonchev–Trinajstić information content (AvgIpc) is 2.96. The van der Waals surface area contributed by atoms with Gasteiger partial charge in [0.1, 0.15) is 5.01 Å². The van der Waals surface area contributed by atoms with Gasteiger partial charge in [0.15, 0.2) is 0 Å². The first-order chi connectivity index (χ1) is 10.7. The van der Waals surface area contributed by atoms with Crippen LogP contribution in [0.4, 0.5) is 0 Å². The van der Waals surface area contributed by atoms with Crippen molar-refractivity contribution in [1.82, 2.24) is 15.6 Å². The molecule has 4 nitrogen and oxygen atoms in total. The number of nitrogens with one attached hydrogen (secondary N) is 2. The van der Waals surface area contributed by atoms with Crippen molar-refractivity contribution in [2.24, 2.45) is 11.8 Å².